The van der Waals surface area contributed by atoms with Gasteiger partial charge in [-0.15, -0.1) is 0 Å². The van der Waals surface area contributed by atoms with Crippen molar-refractivity contribution in [2.75, 3.05) is 6.54 Å². The molecule has 1 fully saturated rings. The van der Waals surface area contributed by atoms with Gasteiger partial charge in [-0.2, -0.15) is 5.10 Å². The fourth-order valence-electron chi connectivity index (χ4n) is 2.95. The number of rotatable bonds is 4. The quantitative estimate of drug-likeness (QED) is 0.833. The molecule has 1 aliphatic heterocycles. The number of carbonyl (C=O) groups excluding carboxylic acids is 1. The predicted molar refractivity (Wildman–Crippen MR) is 84.4 cm³/mol. The number of likely N-dealkylation sites (tertiary alicyclic amines) is 1. The van der Waals surface area contributed by atoms with E-state index in [0.717, 1.165) is 48.2 Å². The van der Waals surface area contributed by atoms with Gasteiger partial charge in [-0.1, -0.05) is 12.1 Å². The molecule has 0 saturated carbocycles. The maximum Gasteiger partial charge on any atom is 0.273 e. The van der Waals surface area contributed by atoms with Crippen LogP contribution >= 0.6 is 15.9 Å². The lowest BCUT2D eigenvalue weighted by molar-refractivity contribution is 0.0718. The highest BCUT2D eigenvalue weighted by Gasteiger charge is 2.34. The Bertz CT molecular complexity index is 659. The average molecular weight is 367 g/mol. The van der Waals surface area contributed by atoms with Crippen molar-refractivity contribution in [2.24, 2.45) is 7.05 Å². The summed E-state index contributed by atoms with van der Waals surface area (Å²) in [6.45, 7) is 2.84. The van der Waals surface area contributed by atoms with Crippen molar-refractivity contribution < 1.29 is 9.32 Å². The van der Waals surface area contributed by atoms with Crippen LogP contribution in [0.1, 0.15) is 54.2 Å². The molecule has 7 heteroatoms. The number of halogens is 1. The van der Waals surface area contributed by atoms with Crippen molar-refractivity contribution in [1.82, 2.24) is 19.8 Å². The smallest absolute Gasteiger partial charge is 0.273 e. The van der Waals surface area contributed by atoms with Crippen LogP contribution in [0.5, 0.6) is 0 Å². The molecule has 118 valence electrons. The van der Waals surface area contributed by atoms with Gasteiger partial charge >= 0.3 is 0 Å². The molecule has 1 unspecified atom stereocenters. The van der Waals surface area contributed by atoms with E-state index in [0.29, 0.717) is 5.69 Å². The summed E-state index contributed by atoms with van der Waals surface area (Å²) < 4.78 is 7.69. The highest BCUT2D eigenvalue weighted by atomic mass is 79.9. The molecule has 0 bridgehead atoms. The molecule has 22 heavy (non-hydrogen) atoms. The molecule has 1 saturated heterocycles. The molecule has 1 aliphatic rings. The summed E-state index contributed by atoms with van der Waals surface area (Å²) in [6.07, 6.45) is 5.43. The Morgan fingerprint density at radius 1 is 1.55 bits per heavy atom. The van der Waals surface area contributed by atoms with Crippen LogP contribution in [-0.4, -0.2) is 32.3 Å². The largest absolute Gasteiger partial charge is 0.361 e. The first kappa shape index (κ1) is 15.3. The van der Waals surface area contributed by atoms with E-state index >= 15 is 0 Å². The molecule has 3 rings (SSSR count). The van der Waals surface area contributed by atoms with E-state index < -0.39 is 0 Å². The molecule has 2 aromatic rings. The summed E-state index contributed by atoms with van der Waals surface area (Å²) in [7, 11) is 1.78. The number of hydrogen-bond acceptors (Lipinski definition) is 4. The first-order valence-electron chi connectivity index (χ1n) is 7.55. The Kier molecular flexibility index (Phi) is 4.33. The van der Waals surface area contributed by atoms with Gasteiger partial charge in [-0.05, 0) is 35.2 Å². The number of aromatic nitrogens is 3. The van der Waals surface area contributed by atoms with Gasteiger partial charge in [-0.3, -0.25) is 9.48 Å². The third-order valence-electron chi connectivity index (χ3n) is 4.03. The van der Waals surface area contributed by atoms with E-state index in [2.05, 4.69) is 33.1 Å². The van der Waals surface area contributed by atoms with Crippen molar-refractivity contribution in [3.8, 4) is 0 Å². The Labute approximate surface area is 137 Å². The van der Waals surface area contributed by atoms with E-state index in [1.165, 1.54) is 0 Å². The van der Waals surface area contributed by atoms with Crippen molar-refractivity contribution in [2.45, 2.75) is 38.6 Å². The minimum Gasteiger partial charge on any atom is -0.361 e. The molecule has 0 N–H and O–H groups in total. The van der Waals surface area contributed by atoms with Crippen molar-refractivity contribution in [1.29, 1.82) is 0 Å². The number of nitrogens with zero attached hydrogens (tertiary/aromatic N) is 4. The Morgan fingerprint density at radius 2 is 2.36 bits per heavy atom. The standard InChI is InChI=1S/C15H19BrN4O2/c1-3-5-10-8-12(18-22-10)13-6-4-7-20(13)15(21)14-11(16)9-17-19(14)2/h8-9,13H,3-7H2,1-2H3. The van der Waals surface area contributed by atoms with E-state index in [4.69, 9.17) is 4.52 Å². The Morgan fingerprint density at radius 3 is 3.05 bits per heavy atom. The van der Waals surface area contributed by atoms with E-state index in [1.54, 1.807) is 17.9 Å². The van der Waals surface area contributed by atoms with Crippen LogP contribution in [0.3, 0.4) is 0 Å². The summed E-state index contributed by atoms with van der Waals surface area (Å²) in [5, 5.41) is 8.30. The van der Waals surface area contributed by atoms with Gasteiger partial charge < -0.3 is 9.42 Å². The zero-order valence-corrected chi connectivity index (χ0v) is 14.3. The number of hydrogen-bond donors (Lipinski definition) is 0. The maximum atomic E-state index is 12.8. The Balaban J connectivity index is 1.85. The minimum atomic E-state index is -0.0191. The summed E-state index contributed by atoms with van der Waals surface area (Å²) in [6, 6.07) is 1.97. The number of carbonyl (C=O) groups is 1. The Hall–Kier alpha value is -1.63. The SMILES string of the molecule is CCCc1cc(C2CCCN2C(=O)c2c(Br)cnn2C)no1. The topological polar surface area (TPSA) is 64.2 Å². The fourth-order valence-corrected chi connectivity index (χ4v) is 3.47. The maximum absolute atomic E-state index is 12.8. The van der Waals surface area contributed by atoms with Gasteiger partial charge in [-0.25, -0.2) is 0 Å². The lowest BCUT2D eigenvalue weighted by Crippen LogP contribution is -2.32. The lowest BCUT2D eigenvalue weighted by atomic mass is 10.1. The lowest BCUT2D eigenvalue weighted by Gasteiger charge is -2.23. The first-order valence-corrected chi connectivity index (χ1v) is 8.35. The van der Waals surface area contributed by atoms with Crippen LogP contribution in [0.15, 0.2) is 21.3 Å². The van der Waals surface area contributed by atoms with E-state index in [-0.39, 0.29) is 11.9 Å². The van der Waals surface area contributed by atoms with Crippen LogP contribution in [-0.2, 0) is 13.5 Å². The summed E-state index contributed by atoms with van der Waals surface area (Å²) in [4.78, 5) is 14.7. The van der Waals surface area contributed by atoms with Gasteiger partial charge in [0.15, 0.2) is 0 Å². The van der Waals surface area contributed by atoms with Crippen molar-refractivity contribution >= 4 is 21.8 Å². The van der Waals surface area contributed by atoms with Crippen LogP contribution in [0.4, 0.5) is 0 Å². The monoisotopic (exact) mass is 366 g/mol. The third-order valence-corrected chi connectivity index (χ3v) is 4.61. The van der Waals surface area contributed by atoms with Gasteiger partial charge in [0.25, 0.3) is 5.91 Å². The van der Waals surface area contributed by atoms with Crippen LogP contribution < -0.4 is 0 Å². The molecule has 0 aromatic carbocycles. The average Bonchev–Trinajstić information content (AvgIpc) is 3.19. The van der Waals surface area contributed by atoms with E-state index in [1.807, 2.05) is 11.0 Å². The molecule has 2 aromatic heterocycles. The van der Waals surface area contributed by atoms with E-state index in [9.17, 15) is 4.79 Å². The number of aryl methyl sites for hydroxylation is 2. The first-order chi connectivity index (χ1) is 10.6. The van der Waals surface area contributed by atoms with Gasteiger partial charge in [0, 0.05) is 26.1 Å². The molecule has 1 atom stereocenters. The number of amides is 1. The van der Waals surface area contributed by atoms with Crippen molar-refractivity contribution in [3.05, 3.63) is 33.9 Å². The van der Waals surface area contributed by atoms with Gasteiger partial charge in [0.05, 0.1) is 16.7 Å². The van der Waals surface area contributed by atoms with Gasteiger partial charge in [0.2, 0.25) is 0 Å². The van der Waals surface area contributed by atoms with Crippen LogP contribution in [0, 0.1) is 0 Å². The molecule has 6 nitrogen and oxygen atoms in total. The summed E-state index contributed by atoms with van der Waals surface area (Å²) in [5.74, 6) is 0.868. The van der Waals surface area contributed by atoms with Gasteiger partial charge in [0.1, 0.15) is 17.1 Å². The zero-order valence-electron chi connectivity index (χ0n) is 12.8. The second-order valence-electron chi connectivity index (χ2n) is 5.59. The second-order valence-corrected chi connectivity index (χ2v) is 6.44. The summed E-state index contributed by atoms with van der Waals surface area (Å²) >= 11 is 3.40. The third kappa shape index (κ3) is 2.69. The minimum absolute atomic E-state index is 0.0105. The highest BCUT2D eigenvalue weighted by Crippen LogP contribution is 2.33. The normalized spacial score (nSPS) is 18.1. The summed E-state index contributed by atoms with van der Waals surface area (Å²) in [5.41, 5.74) is 1.43. The molecule has 1 amide bonds. The zero-order chi connectivity index (χ0) is 15.7. The fraction of sp³-hybridized carbons (Fsp3) is 0.533. The molecule has 3 heterocycles. The second kappa shape index (κ2) is 6.24. The molecular formula is C15H19BrN4O2. The van der Waals surface area contributed by atoms with Crippen molar-refractivity contribution in [3.63, 3.8) is 0 Å². The van der Waals surface area contributed by atoms with Crippen LogP contribution in [0.25, 0.3) is 0 Å². The molecule has 0 aliphatic carbocycles. The highest BCUT2D eigenvalue weighted by molar-refractivity contribution is 9.10. The predicted octanol–water partition coefficient (Wildman–Crippen LogP) is 3.10. The molecular weight excluding hydrogens is 348 g/mol. The molecule has 0 radical (unpaired) electrons. The molecule has 0 spiro atoms. The van der Waals surface area contributed by atoms with Crippen LogP contribution in [0.2, 0.25) is 0 Å².